The Hall–Kier alpha value is -4.17. The number of aryl methyl sites for hydroxylation is 1. The number of hydrogen-bond donors (Lipinski definition) is 2. The van der Waals surface area contributed by atoms with Gasteiger partial charge in [-0.1, -0.05) is 12.1 Å². The Morgan fingerprint density at radius 2 is 1.94 bits per heavy atom. The van der Waals surface area contributed by atoms with Crippen LogP contribution >= 0.6 is 12.2 Å². The minimum absolute atomic E-state index is 0.236. The Labute approximate surface area is 214 Å². The van der Waals surface area contributed by atoms with E-state index in [1.807, 2.05) is 73.3 Å². The molecule has 1 aliphatic heterocycles. The molecule has 0 spiro atoms. The molecule has 2 aromatic carbocycles. The Morgan fingerprint density at radius 1 is 1.14 bits per heavy atom. The summed E-state index contributed by atoms with van der Waals surface area (Å²) in [6.45, 7) is 4.42. The summed E-state index contributed by atoms with van der Waals surface area (Å²) in [5, 5.41) is 13.3. The summed E-state index contributed by atoms with van der Waals surface area (Å²) in [7, 11) is 0. The minimum atomic E-state index is -0.959. The normalized spacial score (nSPS) is 17.2. The van der Waals surface area contributed by atoms with Gasteiger partial charge in [0.1, 0.15) is 23.3 Å². The lowest BCUT2D eigenvalue weighted by atomic mass is 10.0. The summed E-state index contributed by atoms with van der Waals surface area (Å²) in [5.41, 5.74) is 3.64. The van der Waals surface area contributed by atoms with Crippen LogP contribution in [0, 0.1) is 6.92 Å². The van der Waals surface area contributed by atoms with Crippen molar-refractivity contribution in [2.24, 2.45) is 0 Å². The molecule has 5 rings (SSSR count). The molecular formula is C28H25N3O4S. The van der Waals surface area contributed by atoms with Crippen LogP contribution in [0.2, 0.25) is 0 Å². The van der Waals surface area contributed by atoms with Gasteiger partial charge < -0.3 is 24.5 Å². The van der Waals surface area contributed by atoms with Gasteiger partial charge in [0, 0.05) is 17.4 Å². The lowest BCUT2D eigenvalue weighted by molar-refractivity contribution is 0.0696. The van der Waals surface area contributed by atoms with E-state index < -0.39 is 5.97 Å². The lowest BCUT2D eigenvalue weighted by Crippen LogP contribution is -2.29. The van der Waals surface area contributed by atoms with Crippen LogP contribution in [0.15, 0.2) is 83.4 Å². The number of furan rings is 1. The number of rotatable bonds is 7. The van der Waals surface area contributed by atoms with Crippen molar-refractivity contribution in [2.45, 2.75) is 25.9 Å². The molecule has 0 amide bonds. The smallest absolute Gasteiger partial charge is 0.335 e. The third-order valence-corrected chi connectivity index (χ3v) is 6.50. The minimum Gasteiger partial charge on any atom is -0.494 e. The van der Waals surface area contributed by atoms with Gasteiger partial charge in [-0.25, -0.2) is 4.79 Å². The number of thiocarbonyl (C=S) groups is 1. The van der Waals surface area contributed by atoms with E-state index in [4.69, 9.17) is 21.4 Å². The van der Waals surface area contributed by atoms with Crippen molar-refractivity contribution >= 4 is 29.0 Å². The SMILES string of the molecule is CCOc1ccc(N2C(=S)NC(c3ccccn3)C2c2ccc(-c3ccc(C(=O)O)cc3C)o2)cc1. The number of nitrogens with zero attached hydrogens (tertiary/aromatic N) is 2. The molecule has 1 aliphatic rings. The van der Waals surface area contributed by atoms with Crippen molar-refractivity contribution in [3.05, 3.63) is 102 Å². The van der Waals surface area contributed by atoms with Crippen molar-refractivity contribution in [3.8, 4) is 17.1 Å². The first-order valence-corrected chi connectivity index (χ1v) is 12.0. The molecule has 0 bridgehead atoms. The molecule has 2 unspecified atom stereocenters. The van der Waals surface area contributed by atoms with Crippen LogP contribution < -0.4 is 15.0 Å². The second-order valence-corrected chi connectivity index (χ2v) is 8.85. The Kier molecular flexibility index (Phi) is 6.43. The number of pyridine rings is 1. The zero-order chi connectivity index (χ0) is 25.2. The van der Waals surface area contributed by atoms with Gasteiger partial charge >= 0.3 is 5.97 Å². The molecule has 7 nitrogen and oxygen atoms in total. The maximum Gasteiger partial charge on any atom is 0.335 e. The molecule has 1 fully saturated rings. The third kappa shape index (κ3) is 4.43. The number of carbonyl (C=O) groups is 1. The molecule has 0 saturated carbocycles. The van der Waals surface area contributed by atoms with Crippen LogP contribution in [0.4, 0.5) is 5.69 Å². The number of ether oxygens (including phenoxy) is 1. The molecule has 36 heavy (non-hydrogen) atoms. The van der Waals surface area contributed by atoms with Gasteiger partial charge in [-0.2, -0.15) is 0 Å². The van der Waals surface area contributed by atoms with Crippen molar-refractivity contribution in [2.75, 3.05) is 11.5 Å². The molecule has 1 saturated heterocycles. The molecule has 8 heteroatoms. The van der Waals surface area contributed by atoms with Gasteiger partial charge in [-0.15, -0.1) is 0 Å². The Morgan fingerprint density at radius 3 is 2.61 bits per heavy atom. The molecule has 3 heterocycles. The highest BCUT2D eigenvalue weighted by Crippen LogP contribution is 2.43. The number of aromatic carboxylic acids is 1. The number of carboxylic acid groups (broad SMARTS) is 1. The van der Waals surface area contributed by atoms with Crippen LogP contribution in [0.3, 0.4) is 0 Å². The molecular weight excluding hydrogens is 474 g/mol. The molecule has 2 N–H and O–H groups in total. The molecule has 0 radical (unpaired) electrons. The van der Waals surface area contributed by atoms with Crippen LogP contribution in [0.1, 0.15) is 46.4 Å². The van der Waals surface area contributed by atoms with Gasteiger partial charge in [0.2, 0.25) is 0 Å². The summed E-state index contributed by atoms with van der Waals surface area (Å²) in [6.07, 6.45) is 1.76. The topological polar surface area (TPSA) is 87.8 Å². The van der Waals surface area contributed by atoms with Crippen LogP contribution in [-0.2, 0) is 0 Å². The number of anilines is 1. The van der Waals surface area contributed by atoms with E-state index in [1.165, 1.54) is 0 Å². The largest absolute Gasteiger partial charge is 0.494 e. The van der Waals surface area contributed by atoms with E-state index in [-0.39, 0.29) is 17.6 Å². The van der Waals surface area contributed by atoms with Crippen molar-refractivity contribution in [1.82, 2.24) is 10.3 Å². The van der Waals surface area contributed by atoms with Crippen LogP contribution in [-0.4, -0.2) is 27.8 Å². The predicted octanol–water partition coefficient (Wildman–Crippen LogP) is 5.92. The van der Waals surface area contributed by atoms with Gasteiger partial charge in [0.05, 0.1) is 23.9 Å². The van der Waals surface area contributed by atoms with Crippen LogP contribution in [0.5, 0.6) is 5.75 Å². The first-order valence-electron chi connectivity index (χ1n) is 11.6. The summed E-state index contributed by atoms with van der Waals surface area (Å²) >= 11 is 5.78. The highest BCUT2D eigenvalue weighted by atomic mass is 32.1. The van der Waals surface area contributed by atoms with Gasteiger partial charge in [0.25, 0.3) is 0 Å². The third-order valence-electron chi connectivity index (χ3n) is 6.18. The molecule has 182 valence electrons. The first kappa shape index (κ1) is 23.6. The molecule has 2 atom stereocenters. The van der Waals surface area contributed by atoms with E-state index >= 15 is 0 Å². The number of hydrogen-bond acceptors (Lipinski definition) is 5. The van der Waals surface area contributed by atoms with Crippen molar-refractivity contribution < 1.29 is 19.1 Å². The van der Waals surface area contributed by atoms with Gasteiger partial charge in [-0.05, 0) is 92.3 Å². The maximum atomic E-state index is 11.3. The maximum absolute atomic E-state index is 11.3. The summed E-state index contributed by atoms with van der Waals surface area (Å²) < 4.78 is 12.0. The average molecular weight is 500 g/mol. The number of nitrogens with one attached hydrogen (secondary N) is 1. The van der Waals surface area contributed by atoms with Crippen molar-refractivity contribution in [3.63, 3.8) is 0 Å². The van der Waals surface area contributed by atoms with E-state index in [0.29, 0.717) is 23.2 Å². The predicted molar refractivity (Wildman–Crippen MR) is 141 cm³/mol. The fourth-order valence-corrected chi connectivity index (χ4v) is 4.87. The van der Waals surface area contributed by atoms with Crippen LogP contribution in [0.25, 0.3) is 11.3 Å². The van der Waals surface area contributed by atoms with E-state index in [9.17, 15) is 9.90 Å². The zero-order valence-corrected chi connectivity index (χ0v) is 20.7. The summed E-state index contributed by atoms with van der Waals surface area (Å²) in [4.78, 5) is 18.0. The lowest BCUT2D eigenvalue weighted by Gasteiger charge is -2.26. The van der Waals surface area contributed by atoms with E-state index in [0.717, 1.165) is 28.3 Å². The average Bonchev–Trinajstić information content (AvgIpc) is 3.50. The monoisotopic (exact) mass is 499 g/mol. The molecule has 4 aromatic rings. The molecule has 0 aliphatic carbocycles. The quantitative estimate of drug-likeness (QED) is 0.303. The summed E-state index contributed by atoms with van der Waals surface area (Å²) in [5.74, 6) is 1.20. The fraction of sp³-hybridized carbons (Fsp3) is 0.179. The first-order chi connectivity index (χ1) is 17.5. The number of aromatic nitrogens is 1. The van der Waals surface area contributed by atoms with Gasteiger partial charge in [-0.3, -0.25) is 4.98 Å². The van der Waals surface area contributed by atoms with Crippen molar-refractivity contribution in [1.29, 1.82) is 0 Å². The molecule has 2 aromatic heterocycles. The highest BCUT2D eigenvalue weighted by molar-refractivity contribution is 7.80. The zero-order valence-electron chi connectivity index (χ0n) is 19.8. The Bertz CT molecular complexity index is 1400. The number of benzene rings is 2. The summed E-state index contributed by atoms with van der Waals surface area (Å²) in [6, 6.07) is 21.9. The van der Waals surface area contributed by atoms with E-state index in [2.05, 4.69) is 10.3 Å². The number of carboxylic acids is 1. The standard InChI is InChI=1S/C28H25N3O4S/c1-3-34-20-10-8-19(9-11-20)31-26(25(30-28(31)36)22-6-4-5-15-29-22)24-14-13-23(35-24)21-12-7-18(27(32)33)16-17(21)2/h4-16,25-26H,3H2,1-2H3,(H,30,36)(H,32,33). The van der Waals surface area contributed by atoms with Gasteiger partial charge in [0.15, 0.2) is 5.11 Å². The highest BCUT2D eigenvalue weighted by Gasteiger charge is 2.42. The van der Waals surface area contributed by atoms with E-state index in [1.54, 1.807) is 24.4 Å². The second-order valence-electron chi connectivity index (χ2n) is 8.46. The fourth-order valence-electron chi connectivity index (χ4n) is 4.52. The second kappa shape index (κ2) is 9.83. The Balaban J connectivity index is 1.56.